The molecule has 0 aliphatic carbocycles. The minimum atomic E-state index is -0.441. The van der Waals surface area contributed by atoms with Crippen molar-refractivity contribution in [1.29, 1.82) is 0 Å². The zero-order chi connectivity index (χ0) is 21.5. The molecule has 1 aromatic heterocycles. The molecule has 0 saturated carbocycles. The van der Waals surface area contributed by atoms with Crippen LogP contribution in [0.3, 0.4) is 0 Å². The summed E-state index contributed by atoms with van der Waals surface area (Å²) in [6.45, 7) is 2.82. The van der Waals surface area contributed by atoms with Gasteiger partial charge in [0.2, 0.25) is 11.7 Å². The Morgan fingerprint density at radius 2 is 2.20 bits per heavy atom. The lowest BCUT2D eigenvalue weighted by Crippen LogP contribution is -2.35. The van der Waals surface area contributed by atoms with Gasteiger partial charge in [-0.2, -0.15) is 0 Å². The summed E-state index contributed by atoms with van der Waals surface area (Å²) in [4.78, 5) is 35.2. The molecule has 1 amide bonds. The summed E-state index contributed by atoms with van der Waals surface area (Å²) in [5.41, 5.74) is 11.6. The molecule has 0 radical (unpaired) electrons. The highest BCUT2D eigenvalue weighted by molar-refractivity contribution is 7.20. The predicted molar refractivity (Wildman–Crippen MR) is 120 cm³/mol. The molecule has 160 valence electrons. The molecule has 3 rings (SSSR count). The van der Waals surface area contributed by atoms with Gasteiger partial charge in [-0.05, 0) is 50.1 Å². The van der Waals surface area contributed by atoms with Crippen molar-refractivity contribution in [2.75, 3.05) is 13.1 Å². The average Bonchev–Trinajstić information content (AvgIpc) is 3.35. The Morgan fingerprint density at radius 3 is 2.93 bits per heavy atom. The van der Waals surface area contributed by atoms with Crippen LogP contribution in [0.25, 0.3) is 10.2 Å². The van der Waals surface area contributed by atoms with Gasteiger partial charge in [0.25, 0.3) is 0 Å². The quantitative estimate of drug-likeness (QED) is 0.243. The van der Waals surface area contributed by atoms with Crippen molar-refractivity contribution in [3.63, 3.8) is 0 Å². The van der Waals surface area contributed by atoms with Crippen molar-refractivity contribution in [3.8, 4) is 0 Å². The number of hydrogen-bond acceptors (Lipinski definition) is 6. The van der Waals surface area contributed by atoms with Gasteiger partial charge in [0.05, 0.1) is 22.3 Å². The van der Waals surface area contributed by atoms with E-state index in [2.05, 4.69) is 15.3 Å². The molecular formula is C21H28N6O2S. The summed E-state index contributed by atoms with van der Waals surface area (Å²) in [7, 11) is 0. The molecule has 0 bridgehead atoms. The fourth-order valence-corrected chi connectivity index (χ4v) is 4.55. The minimum Gasteiger partial charge on any atom is -0.381 e. The van der Waals surface area contributed by atoms with Crippen LogP contribution in [0.1, 0.15) is 42.4 Å². The van der Waals surface area contributed by atoms with Gasteiger partial charge < -0.3 is 21.7 Å². The lowest BCUT2D eigenvalue weighted by molar-refractivity contribution is -0.128. The first-order valence-electron chi connectivity index (χ1n) is 10.1. The van der Waals surface area contributed by atoms with E-state index < -0.39 is 6.04 Å². The van der Waals surface area contributed by atoms with Gasteiger partial charge in [-0.3, -0.25) is 14.6 Å². The number of thiazole rings is 1. The number of nitrogens with two attached hydrogens (primary N) is 2. The first-order chi connectivity index (χ1) is 14.5. The number of nitrogens with zero attached hydrogens (tertiary/aromatic N) is 3. The van der Waals surface area contributed by atoms with Gasteiger partial charge in [-0.1, -0.05) is 12.1 Å². The van der Waals surface area contributed by atoms with Crippen molar-refractivity contribution < 1.29 is 9.59 Å². The summed E-state index contributed by atoms with van der Waals surface area (Å²) < 4.78 is 0.985. The summed E-state index contributed by atoms with van der Waals surface area (Å²) in [6.07, 6.45) is 6.89. The summed E-state index contributed by atoms with van der Waals surface area (Å²) in [5.74, 6) is 0.0596. The number of amides is 1. The van der Waals surface area contributed by atoms with Gasteiger partial charge in [0.1, 0.15) is 0 Å². The molecule has 1 unspecified atom stereocenters. The molecule has 1 aliphatic heterocycles. The lowest BCUT2D eigenvalue weighted by atomic mass is 10.1. The molecule has 2 atom stereocenters. The molecule has 1 fully saturated rings. The van der Waals surface area contributed by atoms with E-state index in [1.807, 2.05) is 35.2 Å². The number of aromatic nitrogens is 1. The van der Waals surface area contributed by atoms with Crippen molar-refractivity contribution in [3.05, 3.63) is 41.5 Å². The number of para-hydroxylation sites is 1. The molecule has 9 heteroatoms. The van der Waals surface area contributed by atoms with E-state index in [1.54, 1.807) is 13.1 Å². The SMILES string of the molecule is CC(=O)N1CCCC1C=CN[C@@H](CCCN=C(N)N)C(=O)c1nc2ccccc2s1. The molecule has 2 heterocycles. The summed E-state index contributed by atoms with van der Waals surface area (Å²) in [5, 5.41) is 3.71. The fraction of sp³-hybridized carbons (Fsp3) is 0.429. The maximum atomic E-state index is 13.1. The third kappa shape index (κ3) is 5.56. The molecular weight excluding hydrogens is 400 g/mol. The van der Waals surface area contributed by atoms with E-state index in [0.717, 1.165) is 29.6 Å². The highest BCUT2D eigenvalue weighted by Crippen LogP contribution is 2.23. The van der Waals surface area contributed by atoms with Crippen LogP contribution in [0.4, 0.5) is 0 Å². The Bertz CT molecular complexity index is 917. The maximum absolute atomic E-state index is 13.1. The van der Waals surface area contributed by atoms with Crippen LogP contribution >= 0.6 is 11.3 Å². The molecule has 0 spiro atoms. The lowest BCUT2D eigenvalue weighted by Gasteiger charge is -2.21. The van der Waals surface area contributed by atoms with Crippen LogP contribution in [0.15, 0.2) is 41.5 Å². The Kier molecular flexibility index (Phi) is 7.40. The first kappa shape index (κ1) is 21.8. The third-order valence-corrected chi connectivity index (χ3v) is 6.14. The Morgan fingerprint density at radius 1 is 1.40 bits per heavy atom. The second-order valence-electron chi connectivity index (χ2n) is 7.30. The van der Waals surface area contributed by atoms with Crippen LogP contribution in [-0.4, -0.2) is 52.7 Å². The largest absolute Gasteiger partial charge is 0.381 e. The van der Waals surface area contributed by atoms with Crippen LogP contribution in [0.2, 0.25) is 0 Å². The molecule has 1 aromatic carbocycles. The smallest absolute Gasteiger partial charge is 0.219 e. The van der Waals surface area contributed by atoms with Gasteiger partial charge in [-0.25, -0.2) is 4.98 Å². The number of Topliss-reactive ketones (excluding diaryl/α,β-unsaturated/α-hetero) is 1. The van der Waals surface area contributed by atoms with Crippen LogP contribution in [-0.2, 0) is 4.79 Å². The number of carbonyl (C=O) groups excluding carboxylic acids is 2. The minimum absolute atomic E-state index is 0.0439. The zero-order valence-electron chi connectivity index (χ0n) is 17.1. The Labute approximate surface area is 180 Å². The Hall–Kier alpha value is -2.94. The van der Waals surface area contributed by atoms with E-state index in [4.69, 9.17) is 11.5 Å². The standard InChI is InChI=1S/C21H28N6O2S/c1-14(28)27-13-5-6-15(27)10-12-24-17(8-4-11-25-21(22)23)19(29)20-26-16-7-2-3-9-18(16)30-20/h2-3,7,9-10,12,15,17,24H,4-6,8,11,13H2,1H3,(H4,22,23,25)/t15?,17-/m0/s1. The van der Waals surface area contributed by atoms with Crippen molar-refractivity contribution in [1.82, 2.24) is 15.2 Å². The van der Waals surface area contributed by atoms with E-state index >= 15 is 0 Å². The summed E-state index contributed by atoms with van der Waals surface area (Å²) in [6, 6.07) is 7.33. The van der Waals surface area contributed by atoms with E-state index in [-0.39, 0.29) is 23.7 Å². The number of likely N-dealkylation sites (tertiary alicyclic amines) is 1. The molecule has 5 N–H and O–H groups in total. The van der Waals surface area contributed by atoms with Crippen molar-refractivity contribution in [2.24, 2.45) is 16.5 Å². The molecule has 1 saturated heterocycles. The van der Waals surface area contributed by atoms with E-state index in [9.17, 15) is 9.59 Å². The van der Waals surface area contributed by atoms with Gasteiger partial charge in [0.15, 0.2) is 11.0 Å². The molecule has 2 aromatic rings. The number of aliphatic imine (C=N–C) groups is 1. The van der Waals surface area contributed by atoms with Gasteiger partial charge in [-0.15, -0.1) is 11.3 Å². The van der Waals surface area contributed by atoms with Gasteiger partial charge in [0, 0.05) is 20.0 Å². The third-order valence-electron chi connectivity index (χ3n) is 5.09. The number of benzene rings is 1. The topological polar surface area (TPSA) is 127 Å². The number of nitrogens with one attached hydrogen (secondary N) is 1. The average molecular weight is 429 g/mol. The highest BCUT2D eigenvalue weighted by Gasteiger charge is 2.25. The number of hydrogen-bond donors (Lipinski definition) is 3. The van der Waals surface area contributed by atoms with E-state index in [0.29, 0.717) is 24.4 Å². The predicted octanol–water partition coefficient (Wildman–Crippen LogP) is 2.02. The van der Waals surface area contributed by atoms with E-state index in [1.165, 1.54) is 11.3 Å². The van der Waals surface area contributed by atoms with Crippen LogP contribution in [0, 0.1) is 0 Å². The monoisotopic (exact) mass is 428 g/mol. The van der Waals surface area contributed by atoms with Crippen molar-refractivity contribution in [2.45, 2.75) is 44.7 Å². The number of ketones is 1. The highest BCUT2D eigenvalue weighted by atomic mass is 32.1. The number of rotatable bonds is 9. The molecule has 30 heavy (non-hydrogen) atoms. The number of guanidine groups is 1. The Balaban J connectivity index is 1.70. The second-order valence-corrected chi connectivity index (χ2v) is 8.33. The normalized spacial score (nSPS) is 17.4. The second kappa shape index (κ2) is 10.2. The van der Waals surface area contributed by atoms with Crippen LogP contribution in [0.5, 0.6) is 0 Å². The number of carbonyl (C=O) groups is 2. The zero-order valence-corrected chi connectivity index (χ0v) is 17.9. The maximum Gasteiger partial charge on any atom is 0.219 e. The molecule has 1 aliphatic rings. The number of fused-ring (bicyclic) bond motifs is 1. The fourth-order valence-electron chi connectivity index (χ4n) is 3.59. The molecule has 8 nitrogen and oxygen atoms in total. The van der Waals surface area contributed by atoms with Crippen LogP contribution < -0.4 is 16.8 Å². The van der Waals surface area contributed by atoms with Gasteiger partial charge >= 0.3 is 0 Å². The van der Waals surface area contributed by atoms with Crippen molar-refractivity contribution >= 4 is 39.2 Å². The first-order valence-corrected chi connectivity index (χ1v) is 10.9. The summed E-state index contributed by atoms with van der Waals surface area (Å²) >= 11 is 1.40.